The van der Waals surface area contributed by atoms with Gasteiger partial charge in [-0.15, -0.1) is 0 Å². The molecule has 172 valence electrons. The monoisotopic (exact) mass is 450 g/mol. The SMILES string of the molecule is CCCC#Cc1ccc2c(c1)O[C@H](CN(C)C(=O)CC)[C@@H](C)CN([C@H](C)CO)S2(=O)=O. The molecule has 1 aliphatic heterocycles. The van der Waals surface area contributed by atoms with Gasteiger partial charge in [-0.3, -0.25) is 4.79 Å². The van der Waals surface area contributed by atoms with Gasteiger partial charge in [0.05, 0.1) is 13.2 Å². The molecule has 31 heavy (non-hydrogen) atoms. The summed E-state index contributed by atoms with van der Waals surface area (Å²) < 4.78 is 34.4. The van der Waals surface area contributed by atoms with Crippen molar-refractivity contribution < 1.29 is 23.1 Å². The number of hydrogen-bond acceptors (Lipinski definition) is 5. The van der Waals surface area contributed by atoms with Crippen molar-refractivity contribution in [2.75, 3.05) is 26.7 Å². The lowest BCUT2D eigenvalue weighted by Gasteiger charge is -2.37. The smallest absolute Gasteiger partial charge is 0.247 e. The van der Waals surface area contributed by atoms with E-state index in [0.29, 0.717) is 18.5 Å². The second-order valence-electron chi connectivity index (χ2n) is 8.08. The van der Waals surface area contributed by atoms with Crippen LogP contribution >= 0.6 is 0 Å². The predicted molar refractivity (Wildman–Crippen MR) is 120 cm³/mol. The zero-order valence-electron chi connectivity index (χ0n) is 19.1. The van der Waals surface area contributed by atoms with Gasteiger partial charge in [0, 0.05) is 44.0 Å². The van der Waals surface area contributed by atoms with Crippen LogP contribution in [0.25, 0.3) is 0 Å². The number of benzene rings is 1. The second-order valence-corrected chi connectivity index (χ2v) is 9.94. The van der Waals surface area contributed by atoms with Gasteiger partial charge >= 0.3 is 0 Å². The number of aliphatic hydroxyl groups is 1. The molecule has 1 heterocycles. The predicted octanol–water partition coefficient (Wildman–Crippen LogP) is 2.48. The molecule has 1 N–H and O–H groups in total. The minimum absolute atomic E-state index is 0.00882. The largest absolute Gasteiger partial charge is 0.487 e. The lowest BCUT2D eigenvalue weighted by Crippen LogP contribution is -2.50. The Bertz CT molecular complexity index is 935. The van der Waals surface area contributed by atoms with Crippen LogP contribution in [0, 0.1) is 17.8 Å². The van der Waals surface area contributed by atoms with Crippen molar-refractivity contribution in [3.05, 3.63) is 23.8 Å². The van der Waals surface area contributed by atoms with Crippen LogP contribution in [0.3, 0.4) is 0 Å². The third-order valence-electron chi connectivity index (χ3n) is 5.46. The number of nitrogens with zero attached hydrogens (tertiary/aromatic N) is 2. The summed E-state index contributed by atoms with van der Waals surface area (Å²) in [6.45, 7) is 7.65. The molecule has 1 aromatic carbocycles. The maximum Gasteiger partial charge on any atom is 0.247 e. The Morgan fingerprint density at radius 2 is 2.10 bits per heavy atom. The second kappa shape index (κ2) is 11.0. The number of hydrogen-bond donors (Lipinski definition) is 1. The Kier molecular flexibility index (Phi) is 8.92. The first-order valence-electron chi connectivity index (χ1n) is 10.8. The van der Waals surface area contributed by atoms with Crippen LogP contribution in [-0.2, 0) is 14.8 Å². The topological polar surface area (TPSA) is 87.2 Å². The molecule has 0 saturated heterocycles. The van der Waals surface area contributed by atoms with Crippen LogP contribution in [0.5, 0.6) is 5.75 Å². The van der Waals surface area contributed by atoms with Crippen molar-refractivity contribution in [3.63, 3.8) is 0 Å². The third-order valence-corrected chi connectivity index (χ3v) is 7.48. The van der Waals surface area contributed by atoms with Gasteiger partial charge in [-0.25, -0.2) is 8.42 Å². The Morgan fingerprint density at radius 3 is 2.71 bits per heavy atom. The molecular formula is C23H34N2O5S. The molecule has 0 saturated carbocycles. The molecule has 1 amide bonds. The number of fused-ring (bicyclic) bond motifs is 1. The summed E-state index contributed by atoms with van der Waals surface area (Å²) in [7, 11) is -2.16. The molecule has 8 heteroatoms. The summed E-state index contributed by atoms with van der Waals surface area (Å²) >= 11 is 0. The molecule has 1 aliphatic rings. The molecule has 0 radical (unpaired) electrons. The first-order chi connectivity index (χ1) is 14.6. The quantitative estimate of drug-likeness (QED) is 0.673. The highest BCUT2D eigenvalue weighted by molar-refractivity contribution is 7.89. The lowest BCUT2D eigenvalue weighted by molar-refractivity contribution is -0.131. The standard InChI is InChI=1S/C23H34N2O5S/c1-6-8-9-10-19-11-12-22-20(13-19)30-21(15-24(5)23(27)7-2)17(3)14-25(18(4)16-26)31(22,28)29/h11-13,17-18,21,26H,6-8,14-16H2,1-5H3/t17-,18+,21+/m0/s1. The first kappa shape index (κ1) is 25.2. The average molecular weight is 451 g/mol. The number of rotatable bonds is 6. The Balaban J connectivity index is 2.56. The van der Waals surface area contributed by atoms with E-state index in [0.717, 1.165) is 12.8 Å². The van der Waals surface area contributed by atoms with Crippen LogP contribution in [0.4, 0.5) is 0 Å². The van der Waals surface area contributed by atoms with Gasteiger partial charge in [0.15, 0.2) is 0 Å². The van der Waals surface area contributed by atoms with Crippen LogP contribution in [0.2, 0.25) is 0 Å². The normalized spacial score (nSPS) is 21.5. The van der Waals surface area contributed by atoms with Crippen LogP contribution in [0.1, 0.15) is 52.5 Å². The number of aliphatic hydroxyl groups excluding tert-OH is 1. The van der Waals surface area contributed by atoms with E-state index in [1.807, 2.05) is 13.8 Å². The molecule has 3 atom stereocenters. The summed E-state index contributed by atoms with van der Waals surface area (Å²) in [4.78, 5) is 13.8. The summed E-state index contributed by atoms with van der Waals surface area (Å²) in [6, 6.07) is 4.27. The van der Waals surface area contributed by atoms with Gasteiger partial charge in [-0.05, 0) is 31.5 Å². The summed E-state index contributed by atoms with van der Waals surface area (Å²) in [5.74, 6) is 6.13. The fraction of sp³-hybridized carbons (Fsp3) is 0.609. The highest BCUT2D eigenvalue weighted by atomic mass is 32.2. The van der Waals surface area contributed by atoms with Crippen molar-refractivity contribution in [3.8, 4) is 17.6 Å². The van der Waals surface area contributed by atoms with E-state index < -0.39 is 22.2 Å². The molecule has 7 nitrogen and oxygen atoms in total. The Hall–Kier alpha value is -2.08. The zero-order chi connectivity index (χ0) is 23.2. The van der Waals surface area contributed by atoms with Crippen molar-refractivity contribution in [1.82, 2.24) is 9.21 Å². The highest BCUT2D eigenvalue weighted by Gasteiger charge is 2.38. The molecule has 0 bridgehead atoms. The lowest BCUT2D eigenvalue weighted by atomic mass is 10.0. The summed E-state index contributed by atoms with van der Waals surface area (Å²) in [5, 5.41) is 9.69. The minimum atomic E-state index is -3.88. The minimum Gasteiger partial charge on any atom is -0.487 e. The molecule has 1 aromatic rings. The fourth-order valence-corrected chi connectivity index (χ4v) is 5.28. The van der Waals surface area contributed by atoms with Crippen LogP contribution < -0.4 is 4.74 Å². The van der Waals surface area contributed by atoms with Gasteiger partial charge < -0.3 is 14.7 Å². The highest BCUT2D eigenvalue weighted by Crippen LogP contribution is 2.34. The summed E-state index contributed by atoms with van der Waals surface area (Å²) in [5.41, 5.74) is 0.675. The van der Waals surface area contributed by atoms with E-state index in [-0.39, 0.29) is 35.6 Å². The molecule has 0 spiro atoms. The Morgan fingerprint density at radius 1 is 1.39 bits per heavy atom. The van der Waals surface area contributed by atoms with E-state index in [2.05, 4.69) is 11.8 Å². The number of ether oxygens (including phenoxy) is 1. The van der Waals surface area contributed by atoms with Crippen molar-refractivity contribution in [2.24, 2.45) is 5.92 Å². The van der Waals surface area contributed by atoms with Crippen molar-refractivity contribution in [2.45, 2.75) is 64.0 Å². The average Bonchev–Trinajstić information content (AvgIpc) is 2.75. The van der Waals surface area contributed by atoms with Crippen molar-refractivity contribution in [1.29, 1.82) is 0 Å². The van der Waals surface area contributed by atoms with Crippen LogP contribution in [-0.4, -0.2) is 67.5 Å². The zero-order valence-corrected chi connectivity index (χ0v) is 19.9. The van der Waals surface area contributed by atoms with Crippen molar-refractivity contribution >= 4 is 15.9 Å². The van der Waals surface area contributed by atoms with Gasteiger partial charge in [0.1, 0.15) is 16.7 Å². The van der Waals surface area contributed by atoms with E-state index in [1.54, 1.807) is 37.9 Å². The molecule has 0 aliphatic carbocycles. The van der Waals surface area contributed by atoms with Gasteiger partial charge in [0.2, 0.25) is 15.9 Å². The molecule has 2 rings (SSSR count). The molecule has 0 fully saturated rings. The number of unbranched alkanes of at least 4 members (excludes halogenated alkanes) is 1. The van der Waals surface area contributed by atoms with Crippen LogP contribution in [0.15, 0.2) is 23.1 Å². The fourth-order valence-electron chi connectivity index (χ4n) is 3.45. The first-order valence-corrected chi connectivity index (χ1v) is 12.3. The number of likely N-dealkylation sites (N-methyl/N-ethyl adjacent to an activating group) is 1. The van der Waals surface area contributed by atoms with E-state index in [4.69, 9.17) is 4.74 Å². The Labute approximate surface area is 186 Å². The molecular weight excluding hydrogens is 416 g/mol. The van der Waals surface area contributed by atoms with Gasteiger partial charge in [-0.2, -0.15) is 4.31 Å². The maximum absolute atomic E-state index is 13.4. The van der Waals surface area contributed by atoms with E-state index in [1.165, 1.54) is 10.4 Å². The van der Waals surface area contributed by atoms with Gasteiger partial charge in [0.25, 0.3) is 0 Å². The van der Waals surface area contributed by atoms with E-state index >= 15 is 0 Å². The third kappa shape index (κ3) is 6.00. The van der Waals surface area contributed by atoms with Gasteiger partial charge in [-0.1, -0.05) is 32.6 Å². The molecule has 0 aromatic heterocycles. The number of carbonyl (C=O) groups is 1. The number of carbonyl (C=O) groups excluding carboxylic acids is 1. The molecule has 0 unspecified atom stereocenters. The maximum atomic E-state index is 13.4. The number of sulfonamides is 1. The number of amides is 1. The summed E-state index contributed by atoms with van der Waals surface area (Å²) in [6.07, 6.45) is 1.66. The van der Waals surface area contributed by atoms with E-state index in [9.17, 15) is 18.3 Å².